The average Bonchev–Trinajstić information content (AvgIpc) is 3.44. The van der Waals surface area contributed by atoms with Gasteiger partial charge in [0.25, 0.3) is 5.91 Å². The van der Waals surface area contributed by atoms with E-state index in [2.05, 4.69) is 6.58 Å². The minimum atomic E-state index is 0.0217. The molecule has 5 aliphatic rings. The van der Waals surface area contributed by atoms with Crippen molar-refractivity contribution in [2.24, 2.45) is 23.7 Å². The minimum absolute atomic E-state index is 0.0217. The first-order chi connectivity index (χ1) is 18.4. The van der Waals surface area contributed by atoms with Crippen molar-refractivity contribution in [3.63, 3.8) is 0 Å². The zero-order valence-electron chi connectivity index (χ0n) is 21.3. The predicted molar refractivity (Wildman–Crippen MR) is 148 cm³/mol. The molecule has 0 radical (unpaired) electrons. The van der Waals surface area contributed by atoms with Crippen molar-refractivity contribution in [1.29, 1.82) is 0 Å². The highest BCUT2D eigenvalue weighted by Crippen LogP contribution is 2.56. The number of hydrogen-bond donors (Lipinski definition) is 0. The van der Waals surface area contributed by atoms with E-state index in [1.165, 1.54) is 43.9 Å². The molecule has 1 amide bonds. The number of benzene rings is 1. The normalized spacial score (nSPS) is 28.2. The van der Waals surface area contributed by atoms with Crippen molar-refractivity contribution in [1.82, 2.24) is 4.90 Å². The second-order valence-electron chi connectivity index (χ2n) is 10.3. The summed E-state index contributed by atoms with van der Waals surface area (Å²) in [5, 5.41) is 0. The molecule has 1 saturated heterocycles. The number of nitrogens with zero attached hydrogens (tertiary/aromatic N) is 1. The summed E-state index contributed by atoms with van der Waals surface area (Å²) < 4.78 is 17.7. The van der Waals surface area contributed by atoms with Crippen LogP contribution < -0.4 is 9.47 Å². The van der Waals surface area contributed by atoms with Crippen LogP contribution in [0, 0.1) is 23.7 Å². The fourth-order valence-electron chi connectivity index (χ4n) is 6.96. The fraction of sp³-hybridized carbons (Fsp3) is 0.414. The van der Waals surface area contributed by atoms with Gasteiger partial charge in [-0.15, -0.1) is 0 Å². The maximum absolute atomic E-state index is 13.6. The largest absolute Gasteiger partial charge is 0.497 e. The van der Waals surface area contributed by atoms with E-state index in [1.807, 2.05) is 35.2 Å². The first-order valence-electron chi connectivity index (χ1n) is 12.6. The Balaban J connectivity index is 0.000000937. The highest BCUT2D eigenvalue weighted by molar-refractivity contribution is 8.26. The molecule has 4 aliphatic carbocycles. The first kappa shape index (κ1) is 26.5. The third-order valence-corrected chi connectivity index (χ3v) is 9.54. The van der Waals surface area contributed by atoms with E-state index in [-0.39, 0.29) is 18.1 Å². The van der Waals surface area contributed by atoms with Crippen LogP contribution in [0.5, 0.6) is 11.5 Å². The van der Waals surface area contributed by atoms with E-state index >= 15 is 0 Å². The van der Waals surface area contributed by atoms with Gasteiger partial charge >= 0.3 is 6.15 Å². The number of thiocarbonyl (C=S) groups is 1. The molecule has 198 valence electrons. The second-order valence-corrected chi connectivity index (χ2v) is 12.0. The van der Waals surface area contributed by atoms with Gasteiger partial charge in [-0.3, -0.25) is 9.69 Å². The Morgan fingerprint density at radius 1 is 1.03 bits per heavy atom. The molecule has 2 aromatic rings. The van der Waals surface area contributed by atoms with Gasteiger partial charge in [0.15, 0.2) is 0 Å². The molecule has 0 unspecified atom stereocenters. The van der Waals surface area contributed by atoms with Crippen molar-refractivity contribution in [3.05, 3.63) is 47.1 Å². The third kappa shape index (κ3) is 4.86. The van der Waals surface area contributed by atoms with Crippen LogP contribution >= 0.6 is 24.0 Å². The molecule has 0 spiro atoms. The Bertz CT molecular complexity index is 1290. The molecule has 7 nitrogen and oxygen atoms in total. The van der Waals surface area contributed by atoms with Crippen molar-refractivity contribution in [3.8, 4) is 22.8 Å². The van der Waals surface area contributed by atoms with E-state index in [0.717, 1.165) is 23.0 Å². The van der Waals surface area contributed by atoms with Crippen LogP contribution in [0.2, 0.25) is 0 Å². The van der Waals surface area contributed by atoms with Gasteiger partial charge in [0.1, 0.15) is 27.3 Å². The third-order valence-electron chi connectivity index (χ3n) is 8.21. The predicted octanol–water partition coefficient (Wildman–Crippen LogP) is 6.05. The summed E-state index contributed by atoms with van der Waals surface area (Å²) >= 11 is 7.15. The van der Waals surface area contributed by atoms with E-state index in [9.17, 15) is 4.79 Å². The number of rotatable bonds is 6. The van der Waals surface area contributed by atoms with Gasteiger partial charge in [0, 0.05) is 29.3 Å². The number of hydrogen-bond acceptors (Lipinski definition) is 8. The fourth-order valence-corrected chi connectivity index (χ4v) is 8.27. The van der Waals surface area contributed by atoms with Crippen molar-refractivity contribution >= 4 is 52.5 Å². The Hall–Kier alpha value is -3.13. The van der Waals surface area contributed by atoms with Crippen LogP contribution in [0.25, 0.3) is 23.5 Å². The van der Waals surface area contributed by atoms with Crippen LogP contribution in [-0.2, 0) is 14.4 Å². The zero-order valence-corrected chi connectivity index (χ0v) is 22.9. The van der Waals surface area contributed by atoms with Gasteiger partial charge in [0.05, 0.1) is 19.1 Å². The van der Waals surface area contributed by atoms with Crippen molar-refractivity contribution < 1.29 is 28.3 Å². The lowest BCUT2D eigenvalue weighted by molar-refractivity contribution is -0.191. The summed E-state index contributed by atoms with van der Waals surface area (Å²) in [5.74, 6) is 5.52. The van der Waals surface area contributed by atoms with E-state index in [4.69, 9.17) is 35.7 Å². The van der Waals surface area contributed by atoms with Crippen LogP contribution in [-0.4, -0.2) is 41.5 Å². The number of carbonyl (C=O) groups is 1. The zero-order chi connectivity index (χ0) is 27.0. The average molecular weight is 552 g/mol. The Morgan fingerprint density at radius 3 is 2.13 bits per heavy atom. The molecule has 9 heteroatoms. The van der Waals surface area contributed by atoms with Crippen molar-refractivity contribution in [2.75, 3.05) is 14.2 Å². The number of furan rings is 1. The highest BCUT2D eigenvalue weighted by Gasteiger charge is 2.53. The van der Waals surface area contributed by atoms with Crippen LogP contribution in [0.3, 0.4) is 0 Å². The maximum Gasteiger partial charge on any atom is 0.373 e. The summed E-state index contributed by atoms with van der Waals surface area (Å²) in [6, 6.07) is 7.78. The number of ether oxygens (including phenoxy) is 2. The molecule has 4 saturated carbocycles. The Labute approximate surface area is 231 Å². The van der Waals surface area contributed by atoms with Crippen LogP contribution in [0.4, 0.5) is 0 Å². The lowest BCUT2D eigenvalue weighted by Crippen LogP contribution is -2.57. The van der Waals surface area contributed by atoms with E-state index < -0.39 is 0 Å². The lowest BCUT2D eigenvalue weighted by atomic mass is 9.54. The molecular formula is C29H29NO6S2. The number of thioether (sulfide) groups is 1. The second kappa shape index (κ2) is 10.9. The molecule has 38 heavy (non-hydrogen) atoms. The molecule has 0 atom stereocenters. The highest BCUT2D eigenvalue weighted by atomic mass is 32.2. The van der Waals surface area contributed by atoms with Crippen LogP contribution in [0.15, 0.2) is 40.2 Å². The molecule has 1 aromatic heterocycles. The van der Waals surface area contributed by atoms with Crippen LogP contribution in [0.1, 0.15) is 43.4 Å². The van der Waals surface area contributed by atoms with Gasteiger partial charge in [-0.05, 0) is 74.0 Å². The summed E-state index contributed by atoms with van der Waals surface area (Å²) in [5.41, 5.74) is 1.65. The molecule has 4 bridgehead atoms. The monoisotopic (exact) mass is 551 g/mol. The Morgan fingerprint density at radius 2 is 1.61 bits per heavy atom. The van der Waals surface area contributed by atoms with Crippen molar-refractivity contribution in [2.45, 2.75) is 38.1 Å². The van der Waals surface area contributed by atoms with E-state index in [1.54, 1.807) is 20.3 Å². The lowest BCUT2D eigenvalue weighted by Gasteiger charge is -2.56. The molecule has 1 aromatic carbocycles. The van der Waals surface area contributed by atoms with Gasteiger partial charge in [-0.1, -0.05) is 36.6 Å². The van der Waals surface area contributed by atoms with E-state index in [0.29, 0.717) is 44.1 Å². The smallest absolute Gasteiger partial charge is 0.373 e. The molecule has 2 heterocycles. The van der Waals surface area contributed by atoms with Gasteiger partial charge in [0.2, 0.25) is 0 Å². The molecule has 1 aliphatic heterocycles. The SMILES string of the molecule is C=Cc1cc(-c2cc(OC)cc(OC)c2)oc1/C=C1\SC(=S)N(C2C3CC4CC(C3)CC2C4)C1=O.O=C=O. The summed E-state index contributed by atoms with van der Waals surface area (Å²) in [4.78, 5) is 32.5. The number of methoxy groups -OCH3 is 2. The number of amides is 1. The summed E-state index contributed by atoms with van der Waals surface area (Å²) in [7, 11) is 3.24. The number of carbonyl (C=O) groups excluding carboxylic acids is 3. The Kier molecular flexibility index (Phi) is 7.61. The molecule has 7 rings (SSSR count). The standard InChI is InChI=1S/C28H29NO4S2.CO2/c1-4-17-12-23(18-10-21(31-2)13-22(11-18)32-3)33-24(17)14-25-27(30)29(28(34)35-25)26-19-6-15-5-16(8-19)9-20(26)7-15;2-1-3/h4,10-16,19-20,26H,1,5-9H2,2-3H3;/b25-14-;. The van der Waals surface area contributed by atoms with Gasteiger partial charge in [-0.25, -0.2) is 0 Å². The molecular weight excluding hydrogens is 522 g/mol. The summed E-state index contributed by atoms with van der Waals surface area (Å²) in [6.45, 7) is 3.95. The molecule has 0 N–H and O–H groups in total. The first-order valence-corrected chi connectivity index (χ1v) is 13.9. The quantitative estimate of drug-likeness (QED) is 0.317. The molecule has 5 fully saturated rings. The topological polar surface area (TPSA) is 86.1 Å². The van der Waals surface area contributed by atoms with Gasteiger partial charge in [-0.2, -0.15) is 9.59 Å². The maximum atomic E-state index is 13.6. The minimum Gasteiger partial charge on any atom is -0.497 e. The summed E-state index contributed by atoms with van der Waals surface area (Å²) in [6.07, 6.45) is 10.2. The van der Waals surface area contributed by atoms with Gasteiger partial charge < -0.3 is 13.9 Å².